The Bertz CT molecular complexity index is 1210. The monoisotopic (exact) mass is 462 g/mol. The highest BCUT2D eigenvalue weighted by Crippen LogP contribution is 2.30. The maximum absolute atomic E-state index is 13.5. The van der Waals surface area contributed by atoms with Crippen molar-refractivity contribution in [3.8, 4) is 11.5 Å². The van der Waals surface area contributed by atoms with Crippen LogP contribution in [0, 0.1) is 0 Å². The molecule has 9 heteroatoms. The summed E-state index contributed by atoms with van der Waals surface area (Å²) in [4.78, 5) is 19.5. The normalized spacial score (nSPS) is 15.5. The standard InChI is InChI=1S/C25H26N4O5/c1-31-22-8-7-18(13-23(22)34-17-20-6-3-12-33-20)15-28(16-19-5-2-11-32-19)25(30)21-14-24-26-9-4-10-29(24)27-21/h3-4,6-10,12-14,19H,2,5,11,15-17H2,1H3/t19-/m1/s1. The lowest BCUT2D eigenvalue weighted by Gasteiger charge is -2.25. The summed E-state index contributed by atoms with van der Waals surface area (Å²) < 4.78 is 24.2. The molecule has 5 rings (SSSR count). The van der Waals surface area contributed by atoms with E-state index in [9.17, 15) is 4.79 Å². The summed E-state index contributed by atoms with van der Waals surface area (Å²) in [7, 11) is 1.60. The van der Waals surface area contributed by atoms with Crippen molar-refractivity contribution in [1.29, 1.82) is 0 Å². The summed E-state index contributed by atoms with van der Waals surface area (Å²) in [5.74, 6) is 1.73. The van der Waals surface area contributed by atoms with E-state index >= 15 is 0 Å². The SMILES string of the molecule is COc1ccc(CN(C[C@H]2CCCO2)C(=O)c2cc3ncccn3n2)cc1OCc1ccco1. The lowest BCUT2D eigenvalue weighted by Crippen LogP contribution is -2.37. The molecule has 1 atom stereocenters. The van der Waals surface area contributed by atoms with Crippen molar-refractivity contribution in [3.05, 3.63) is 78.1 Å². The number of hydrogen-bond acceptors (Lipinski definition) is 7. The average Bonchev–Trinajstić information content (AvgIpc) is 3.64. The first-order chi connectivity index (χ1) is 16.7. The molecule has 1 aliphatic rings. The number of amides is 1. The van der Waals surface area contributed by atoms with Crippen LogP contribution in [0.1, 0.15) is 34.7 Å². The Balaban J connectivity index is 1.38. The summed E-state index contributed by atoms with van der Waals surface area (Å²) >= 11 is 0. The molecular weight excluding hydrogens is 436 g/mol. The number of fused-ring (bicyclic) bond motifs is 1. The van der Waals surface area contributed by atoms with Gasteiger partial charge in [0.1, 0.15) is 12.4 Å². The Morgan fingerprint density at radius 2 is 2.18 bits per heavy atom. The maximum Gasteiger partial charge on any atom is 0.274 e. The van der Waals surface area contributed by atoms with Crippen LogP contribution in [0.5, 0.6) is 11.5 Å². The third-order valence-corrected chi connectivity index (χ3v) is 5.74. The number of furan rings is 1. The van der Waals surface area contributed by atoms with Crippen molar-refractivity contribution >= 4 is 11.6 Å². The second kappa shape index (κ2) is 9.96. The lowest BCUT2D eigenvalue weighted by molar-refractivity contribution is 0.0502. The Hall–Kier alpha value is -3.85. The zero-order valence-electron chi connectivity index (χ0n) is 18.9. The molecule has 0 spiro atoms. The summed E-state index contributed by atoms with van der Waals surface area (Å²) in [6.07, 6.45) is 6.99. The van der Waals surface area contributed by atoms with Crippen molar-refractivity contribution in [3.63, 3.8) is 0 Å². The molecule has 0 radical (unpaired) electrons. The van der Waals surface area contributed by atoms with Gasteiger partial charge in [-0.3, -0.25) is 4.79 Å². The Kier molecular flexibility index (Phi) is 6.44. The molecule has 0 bridgehead atoms. The molecule has 3 aromatic heterocycles. The Morgan fingerprint density at radius 1 is 1.24 bits per heavy atom. The minimum atomic E-state index is -0.171. The molecule has 4 heterocycles. The van der Waals surface area contributed by atoms with Crippen LogP contribution in [0.3, 0.4) is 0 Å². The number of aromatic nitrogens is 3. The lowest BCUT2D eigenvalue weighted by atomic mass is 10.1. The van der Waals surface area contributed by atoms with E-state index in [1.54, 1.807) is 47.3 Å². The number of methoxy groups -OCH3 is 1. The highest BCUT2D eigenvalue weighted by molar-refractivity contribution is 5.93. The largest absolute Gasteiger partial charge is 0.493 e. The third-order valence-electron chi connectivity index (χ3n) is 5.74. The zero-order chi connectivity index (χ0) is 23.3. The van der Waals surface area contributed by atoms with Gasteiger partial charge in [0, 0.05) is 38.2 Å². The predicted molar refractivity (Wildman–Crippen MR) is 123 cm³/mol. The van der Waals surface area contributed by atoms with E-state index in [0.717, 1.165) is 25.0 Å². The van der Waals surface area contributed by atoms with Crippen LogP contribution in [0.25, 0.3) is 5.65 Å². The van der Waals surface area contributed by atoms with E-state index in [0.29, 0.717) is 41.7 Å². The molecule has 176 valence electrons. The third kappa shape index (κ3) is 4.89. The van der Waals surface area contributed by atoms with Crippen molar-refractivity contribution in [2.75, 3.05) is 20.3 Å². The first-order valence-electron chi connectivity index (χ1n) is 11.2. The number of carbonyl (C=O) groups is 1. The molecule has 0 unspecified atom stereocenters. The van der Waals surface area contributed by atoms with Crippen LogP contribution in [0.15, 0.2) is 65.5 Å². The van der Waals surface area contributed by atoms with Gasteiger partial charge in [-0.25, -0.2) is 9.50 Å². The van der Waals surface area contributed by atoms with Gasteiger partial charge in [0.05, 0.1) is 19.5 Å². The number of carbonyl (C=O) groups excluding carboxylic acids is 1. The summed E-state index contributed by atoms with van der Waals surface area (Å²) in [5, 5.41) is 4.42. The first-order valence-corrected chi connectivity index (χ1v) is 11.2. The van der Waals surface area contributed by atoms with Gasteiger partial charge in [-0.15, -0.1) is 0 Å². The fourth-order valence-electron chi connectivity index (χ4n) is 4.05. The molecular formula is C25H26N4O5. The fraction of sp³-hybridized carbons (Fsp3) is 0.320. The Labute approximate surface area is 196 Å². The van der Waals surface area contributed by atoms with Gasteiger partial charge < -0.3 is 23.5 Å². The maximum atomic E-state index is 13.5. The summed E-state index contributed by atoms with van der Waals surface area (Å²) in [5.41, 5.74) is 1.88. The van der Waals surface area contributed by atoms with Gasteiger partial charge in [0.2, 0.25) is 0 Å². The highest BCUT2D eigenvalue weighted by atomic mass is 16.5. The molecule has 1 aromatic carbocycles. The smallest absolute Gasteiger partial charge is 0.274 e. The van der Waals surface area contributed by atoms with E-state index in [-0.39, 0.29) is 18.6 Å². The molecule has 1 saturated heterocycles. The fourth-order valence-corrected chi connectivity index (χ4v) is 4.05. The van der Waals surface area contributed by atoms with Crippen LogP contribution in [0.2, 0.25) is 0 Å². The van der Waals surface area contributed by atoms with Crippen molar-refractivity contribution in [1.82, 2.24) is 19.5 Å². The second-order valence-corrected chi connectivity index (χ2v) is 8.13. The molecule has 0 N–H and O–H groups in total. The number of benzene rings is 1. The van der Waals surface area contributed by atoms with Crippen molar-refractivity contribution < 1.29 is 23.4 Å². The Morgan fingerprint density at radius 3 is 2.94 bits per heavy atom. The topological polar surface area (TPSA) is 91.3 Å². The van der Waals surface area contributed by atoms with Gasteiger partial charge in [0.25, 0.3) is 5.91 Å². The highest BCUT2D eigenvalue weighted by Gasteiger charge is 2.26. The van der Waals surface area contributed by atoms with Crippen molar-refractivity contribution in [2.24, 2.45) is 0 Å². The van der Waals surface area contributed by atoms with Crippen LogP contribution in [0.4, 0.5) is 0 Å². The first kappa shape index (κ1) is 22.0. The minimum Gasteiger partial charge on any atom is -0.493 e. The molecule has 1 amide bonds. The van der Waals surface area contributed by atoms with E-state index in [1.807, 2.05) is 30.3 Å². The van der Waals surface area contributed by atoms with Crippen LogP contribution >= 0.6 is 0 Å². The van der Waals surface area contributed by atoms with Gasteiger partial charge in [-0.05, 0) is 48.7 Å². The summed E-state index contributed by atoms with van der Waals surface area (Å²) in [6.45, 7) is 1.85. The molecule has 0 saturated carbocycles. The van der Waals surface area contributed by atoms with E-state index < -0.39 is 0 Å². The second-order valence-electron chi connectivity index (χ2n) is 8.13. The zero-order valence-corrected chi connectivity index (χ0v) is 18.9. The molecule has 1 aliphatic heterocycles. The van der Waals surface area contributed by atoms with E-state index in [4.69, 9.17) is 18.6 Å². The van der Waals surface area contributed by atoms with Crippen LogP contribution < -0.4 is 9.47 Å². The van der Waals surface area contributed by atoms with Crippen LogP contribution in [-0.2, 0) is 17.9 Å². The predicted octanol–water partition coefficient (Wildman–Crippen LogP) is 3.73. The van der Waals surface area contributed by atoms with E-state index in [1.165, 1.54) is 0 Å². The molecule has 1 fully saturated rings. The van der Waals surface area contributed by atoms with E-state index in [2.05, 4.69) is 10.1 Å². The van der Waals surface area contributed by atoms with Gasteiger partial charge in [0.15, 0.2) is 22.8 Å². The van der Waals surface area contributed by atoms with Gasteiger partial charge in [-0.2, -0.15) is 5.10 Å². The summed E-state index contributed by atoms with van der Waals surface area (Å²) in [6, 6.07) is 12.8. The molecule has 9 nitrogen and oxygen atoms in total. The molecule has 34 heavy (non-hydrogen) atoms. The minimum absolute atomic E-state index is 0.00651. The van der Waals surface area contributed by atoms with Crippen molar-refractivity contribution in [2.45, 2.75) is 32.1 Å². The number of nitrogens with zero attached hydrogens (tertiary/aromatic N) is 4. The van der Waals surface area contributed by atoms with Crippen LogP contribution in [-0.4, -0.2) is 51.8 Å². The number of ether oxygens (including phenoxy) is 3. The van der Waals surface area contributed by atoms with Gasteiger partial charge in [-0.1, -0.05) is 6.07 Å². The molecule has 4 aromatic rings. The van der Waals surface area contributed by atoms with Gasteiger partial charge >= 0.3 is 0 Å². The number of hydrogen-bond donors (Lipinski definition) is 0. The number of rotatable bonds is 9. The quantitative estimate of drug-likeness (QED) is 0.374. The molecule has 0 aliphatic carbocycles. The average molecular weight is 463 g/mol.